The van der Waals surface area contributed by atoms with Crippen LogP contribution in [-0.4, -0.2) is 40.5 Å². The highest BCUT2D eigenvalue weighted by Crippen LogP contribution is 2.23. The molecule has 25 heavy (non-hydrogen) atoms. The van der Waals surface area contributed by atoms with Crippen molar-refractivity contribution in [3.63, 3.8) is 0 Å². The third kappa shape index (κ3) is 3.07. The quantitative estimate of drug-likeness (QED) is 0.734. The molecule has 0 radical (unpaired) electrons. The van der Waals surface area contributed by atoms with E-state index in [-0.39, 0.29) is 5.56 Å². The average Bonchev–Trinajstić information content (AvgIpc) is 2.68. The van der Waals surface area contributed by atoms with E-state index < -0.39 is 0 Å². The van der Waals surface area contributed by atoms with E-state index >= 15 is 0 Å². The van der Waals surface area contributed by atoms with Gasteiger partial charge in [-0.2, -0.15) is 0 Å². The van der Waals surface area contributed by atoms with Gasteiger partial charge < -0.3 is 9.80 Å². The second-order valence-electron chi connectivity index (χ2n) is 6.40. The van der Waals surface area contributed by atoms with Crippen LogP contribution in [0.2, 0.25) is 0 Å². The highest BCUT2D eigenvalue weighted by molar-refractivity contribution is 5.48. The number of piperidine rings is 1. The van der Waals surface area contributed by atoms with Gasteiger partial charge in [0.05, 0.1) is 0 Å². The van der Waals surface area contributed by atoms with Gasteiger partial charge in [0.25, 0.3) is 5.56 Å². The molecule has 0 amide bonds. The van der Waals surface area contributed by atoms with Crippen LogP contribution < -0.4 is 15.4 Å². The number of hydrogen-bond donors (Lipinski definition) is 0. The number of pyridine rings is 2. The molecule has 1 saturated heterocycles. The highest BCUT2D eigenvalue weighted by Gasteiger charge is 2.24. The predicted octanol–water partition coefficient (Wildman–Crippen LogP) is 2.19. The van der Waals surface area contributed by atoms with Crippen LogP contribution in [0.4, 0.5) is 11.6 Å². The van der Waals surface area contributed by atoms with Gasteiger partial charge in [0, 0.05) is 44.6 Å². The molecule has 3 aromatic heterocycles. The Bertz CT molecular complexity index is 916. The standard InChI is InChI=1S/C19H21N5O/c1-22(16-6-2-4-10-20-16)15-8-12-23(13-9-15)18-14-19(25)24-11-5-3-7-17(24)21-18/h2-7,10-11,14-15H,8-9,12-13H2,1H3. The first-order valence-corrected chi connectivity index (χ1v) is 8.59. The molecule has 128 valence electrons. The maximum absolute atomic E-state index is 12.3. The van der Waals surface area contributed by atoms with Crippen LogP contribution in [0.25, 0.3) is 5.65 Å². The maximum atomic E-state index is 12.3. The molecule has 0 saturated carbocycles. The molecule has 3 aromatic rings. The first kappa shape index (κ1) is 15.6. The molecule has 0 unspecified atom stereocenters. The van der Waals surface area contributed by atoms with E-state index in [1.54, 1.807) is 16.7 Å². The van der Waals surface area contributed by atoms with Crippen molar-refractivity contribution in [1.82, 2.24) is 14.4 Å². The molecule has 1 fully saturated rings. The third-order valence-electron chi connectivity index (χ3n) is 4.90. The summed E-state index contributed by atoms with van der Waals surface area (Å²) in [5, 5.41) is 0. The molecule has 1 aliphatic heterocycles. The summed E-state index contributed by atoms with van der Waals surface area (Å²) in [5.41, 5.74) is 0.658. The molecule has 4 heterocycles. The number of aromatic nitrogens is 3. The van der Waals surface area contributed by atoms with E-state index in [2.05, 4.69) is 26.8 Å². The Morgan fingerprint density at radius 1 is 1.12 bits per heavy atom. The second-order valence-corrected chi connectivity index (χ2v) is 6.40. The van der Waals surface area contributed by atoms with Gasteiger partial charge in [-0.1, -0.05) is 12.1 Å². The van der Waals surface area contributed by atoms with Gasteiger partial charge in [-0.05, 0) is 37.1 Å². The van der Waals surface area contributed by atoms with Crippen LogP contribution in [0.5, 0.6) is 0 Å². The van der Waals surface area contributed by atoms with Crippen LogP contribution in [0, 0.1) is 0 Å². The van der Waals surface area contributed by atoms with Crippen molar-refractivity contribution in [2.24, 2.45) is 0 Å². The monoisotopic (exact) mass is 335 g/mol. The molecule has 6 nitrogen and oxygen atoms in total. The minimum atomic E-state index is -0.0340. The Labute approximate surface area is 146 Å². The number of fused-ring (bicyclic) bond motifs is 1. The van der Waals surface area contributed by atoms with Gasteiger partial charge in [-0.25, -0.2) is 9.97 Å². The van der Waals surface area contributed by atoms with E-state index in [9.17, 15) is 4.79 Å². The Balaban J connectivity index is 1.50. The lowest BCUT2D eigenvalue weighted by Crippen LogP contribution is -2.44. The Morgan fingerprint density at radius 2 is 1.92 bits per heavy atom. The first-order chi connectivity index (χ1) is 12.2. The Kier molecular flexibility index (Phi) is 4.09. The van der Waals surface area contributed by atoms with Crippen molar-refractivity contribution in [3.05, 3.63) is 65.2 Å². The summed E-state index contributed by atoms with van der Waals surface area (Å²) in [6.45, 7) is 1.77. The van der Waals surface area contributed by atoms with Gasteiger partial charge >= 0.3 is 0 Å². The summed E-state index contributed by atoms with van der Waals surface area (Å²) in [6.07, 6.45) is 5.61. The normalized spacial score (nSPS) is 15.5. The summed E-state index contributed by atoms with van der Waals surface area (Å²) in [6, 6.07) is 13.7. The van der Waals surface area contributed by atoms with E-state index in [1.165, 1.54) is 0 Å². The zero-order chi connectivity index (χ0) is 17.2. The number of rotatable bonds is 3. The second kappa shape index (κ2) is 6.55. The summed E-state index contributed by atoms with van der Waals surface area (Å²) in [7, 11) is 2.10. The summed E-state index contributed by atoms with van der Waals surface area (Å²) < 4.78 is 1.57. The van der Waals surface area contributed by atoms with Crippen LogP contribution >= 0.6 is 0 Å². The van der Waals surface area contributed by atoms with Gasteiger partial charge in [0.15, 0.2) is 0 Å². The minimum absolute atomic E-state index is 0.0340. The minimum Gasteiger partial charge on any atom is -0.357 e. The predicted molar refractivity (Wildman–Crippen MR) is 99.3 cm³/mol. The molecule has 0 atom stereocenters. The van der Waals surface area contributed by atoms with E-state index in [1.807, 2.05) is 42.6 Å². The van der Waals surface area contributed by atoms with E-state index in [4.69, 9.17) is 0 Å². The van der Waals surface area contributed by atoms with Crippen LogP contribution in [0.3, 0.4) is 0 Å². The fourth-order valence-corrected chi connectivity index (χ4v) is 3.43. The van der Waals surface area contributed by atoms with Crippen LogP contribution in [0.1, 0.15) is 12.8 Å². The van der Waals surface area contributed by atoms with Crippen LogP contribution in [0.15, 0.2) is 59.7 Å². The first-order valence-electron chi connectivity index (χ1n) is 8.59. The average molecular weight is 335 g/mol. The number of hydrogen-bond acceptors (Lipinski definition) is 5. The Morgan fingerprint density at radius 3 is 2.68 bits per heavy atom. The molecule has 6 heteroatoms. The van der Waals surface area contributed by atoms with Crippen molar-refractivity contribution in [2.75, 3.05) is 29.9 Å². The SMILES string of the molecule is CN(c1ccccn1)C1CCN(c2cc(=O)n3ccccc3n2)CC1. The molecule has 0 spiro atoms. The lowest BCUT2D eigenvalue weighted by Gasteiger charge is -2.37. The van der Waals surface area contributed by atoms with Crippen molar-refractivity contribution in [1.29, 1.82) is 0 Å². The van der Waals surface area contributed by atoms with Crippen molar-refractivity contribution in [3.8, 4) is 0 Å². The van der Waals surface area contributed by atoms with Gasteiger partial charge in [-0.3, -0.25) is 9.20 Å². The molecular formula is C19H21N5O. The molecule has 4 rings (SSSR count). The largest absolute Gasteiger partial charge is 0.357 e. The van der Waals surface area contributed by atoms with Crippen molar-refractivity contribution >= 4 is 17.3 Å². The summed E-state index contributed by atoms with van der Waals surface area (Å²) >= 11 is 0. The fourth-order valence-electron chi connectivity index (χ4n) is 3.43. The van der Waals surface area contributed by atoms with Crippen LogP contribution in [-0.2, 0) is 0 Å². The molecule has 0 bridgehead atoms. The smallest absolute Gasteiger partial charge is 0.259 e. The number of anilines is 2. The van der Waals surface area contributed by atoms with E-state index in [0.717, 1.165) is 37.6 Å². The topological polar surface area (TPSA) is 53.7 Å². The third-order valence-corrected chi connectivity index (χ3v) is 4.90. The summed E-state index contributed by atoms with van der Waals surface area (Å²) in [5.74, 6) is 1.78. The zero-order valence-electron chi connectivity index (χ0n) is 14.2. The Hall–Kier alpha value is -2.89. The fraction of sp³-hybridized carbons (Fsp3) is 0.316. The highest BCUT2D eigenvalue weighted by atomic mass is 16.1. The van der Waals surface area contributed by atoms with Crippen molar-refractivity contribution < 1.29 is 0 Å². The van der Waals surface area contributed by atoms with E-state index in [0.29, 0.717) is 11.7 Å². The molecule has 0 aromatic carbocycles. The molecular weight excluding hydrogens is 314 g/mol. The number of nitrogens with zero attached hydrogens (tertiary/aromatic N) is 5. The van der Waals surface area contributed by atoms with Gasteiger partial charge in [0.2, 0.25) is 0 Å². The van der Waals surface area contributed by atoms with Gasteiger partial charge in [-0.15, -0.1) is 0 Å². The summed E-state index contributed by atoms with van der Waals surface area (Å²) in [4.78, 5) is 25.8. The van der Waals surface area contributed by atoms with Gasteiger partial charge in [0.1, 0.15) is 17.3 Å². The van der Waals surface area contributed by atoms with Crippen molar-refractivity contribution in [2.45, 2.75) is 18.9 Å². The lowest BCUT2D eigenvalue weighted by molar-refractivity contribution is 0.478. The maximum Gasteiger partial charge on any atom is 0.259 e. The lowest BCUT2D eigenvalue weighted by atomic mass is 10.0. The zero-order valence-corrected chi connectivity index (χ0v) is 14.2. The molecule has 0 aliphatic carbocycles. The molecule has 0 N–H and O–H groups in total. The molecule has 1 aliphatic rings.